The van der Waals surface area contributed by atoms with Crippen molar-refractivity contribution in [2.24, 2.45) is 0 Å². The molecule has 0 N–H and O–H groups in total. The maximum atomic E-state index is 13.0. The Morgan fingerprint density at radius 1 is 1.03 bits per heavy atom. The molecule has 0 unspecified atom stereocenters. The normalized spacial score (nSPS) is 16.3. The van der Waals surface area contributed by atoms with Crippen molar-refractivity contribution in [2.45, 2.75) is 11.3 Å². The average Bonchev–Trinajstić information content (AvgIpc) is 3.48. The van der Waals surface area contributed by atoms with Crippen molar-refractivity contribution in [3.63, 3.8) is 0 Å². The van der Waals surface area contributed by atoms with Gasteiger partial charge in [-0.05, 0) is 42.0 Å². The molecule has 1 fully saturated rings. The van der Waals surface area contributed by atoms with E-state index < -0.39 is 10.0 Å². The zero-order valence-electron chi connectivity index (χ0n) is 17.6. The van der Waals surface area contributed by atoms with Crippen molar-refractivity contribution < 1.29 is 22.6 Å². The van der Waals surface area contributed by atoms with Gasteiger partial charge in [-0.15, -0.1) is 11.3 Å². The standard InChI is InChI=1S/C22H23N3O5S2/c1-28-18-3-5-19(6-4-18)32(26,27)25-10-8-24(9-11-25)22-23-17(14-31-22)12-16-2-7-20-21(13-16)30-15-29-20/h2-7,13-14H,8-12,15H2,1H3. The molecule has 1 saturated heterocycles. The first-order valence-corrected chi connectivity index (χ1v) is 12.6. The molecule has 0 aliphatic carbocycles. The summed E-state index contributed by atoms with van der Waals surface area (Å²) in [4.78, 5) is 7.21. The maximum Gasteiger partial charge on any atom is 0.243 e. The molecule has 168 valence electrons. The molecule has 0 spiro atoms. The van der Waals surface area contributed by atoms with E-state index >= 15 is 0 Å². The van der Waals surface area contributed by atoms with Crippen molar-refractivity contribution in [1.29, 1.82) is 0 Å². The third-order valence-electron chi connectivity index (χ3n) is 5.57. The summed E-state index contributed by atoms with van der Waals surface area (Å²) >= 11 is 1.59. The molecular formula is C22H23N3O5S2. The zero-order valence-corrected chi connectivity index (χ0v) is 19.2. The first-order chi connectivity index (χ1) is 15.5. The number of nitrogens with zero attached hydrogens (tertiary/aromatic N) is 3. The number of hydrogen-bond acceptors (Lipinski definition) is 8. The minimum absolute atomic E-state index is 0.264. The molecule has 0 saturated carbocycles. The summed E-state index contributed by atoms with van der Waals surface area (Å²) in [6.07, 6.45) is 0.707. The Hall–Kier alpha value is -2.82. The van der Waals surface area contributed by atoms with Crippen LogP contribution in [-0.4, -0.2) is 57.8 Å². The second-order valence-corrected chi connectivity index (χ2v) is 10.3. The van der Waals surface area contributed by atoms with E-state index in [0.717, 1.165) is 27.9 Å². The first kappa shape index (κ1) is 21.0. The van der Waals surface area contributed by atoms with Gasteiger partial charge < -0.3 is 19.1 Å². The smallest absolute Gasteiger partial charge is 0.243 e. The molecule has 2 aromatic carbocycles. The average molecular weight is 474 g/mol. The monoisotopic (exact) mass is 473 g/mol. The maximum absolute atomic E-state index is 13.0. The van der Waals surface area contributed by atoms with E-state index in [9.17, 15) is 8.42 Å². The highest BCUT2D eigenvalue weighted by atomic mass is 32.2. The van der Waals surface area contributed by atoms with E-state index in [1.54, 1.807) is 42.7 Å². The largest absolute Gasteiger partial charge is 0.497 e. The van der Waals surface area contributed by atoms with E-state index in [-0.39, 0.29) is 11.7 Å². The fourth-order valence-corrected chi connectivity index (χ4v) is 6.10. The number of sulfonamides is 1. The molecular weight excluding hydrogens is 450 g/mol. The summed E-state index contributed by atoms with van der Waals surface area (Å²) in [7, 11) is -1.96. The SMILES string of the molecule is COc1ccc(S(=O)(=O)N2CCN(c3nc(Cc4ccc5c(c4)OCO5)cs3)CC2)cc1. The van der Waals surface area contributed by atoms with Crippen molar-refractivity contribution in [3.8, 4) is 17.2 Å². The molecule has 10 heteroatoms. The van der Waals surface area contributed by atoms with Gasteiger partial charge in [0.05, 0.1) is 17.7 Å². The Balaban J connectivity index is 1.21. The van der Waals surface area contributed by atoms with Crippen LogP contribution >= 0.6 is 11.3 Å². The lowest BCUT2D eigenvalue weighted by molar-refractivity contribution is 0.174. The highest BCUT2D eigenvalue weighted by molar-refractivity contribution is 7.89. The first-order valence-electron chi connectivity index (χ1n) is 10.2. The van der Waals surface area contributed by atoms with Gasteiger partial charge in [0, 0.05) is 38.0 Å². The Kier molecular flexibility index (Phi) is 5.66. The van der Waals surface area contributed by atoms with Gasteiger partial charge in [-0.3, -0.25) is 0 Å². The van der Waals surface area contributed by atoms with Crippen LogP contribution in [0.25, 0.3) is 0 Å². The fraction of sp³-hybridized carbons (Fsp3) is 0.318. The number of thiazole rings is 1. The molecule has 0 amide bonds. The molecule has 0 atom stereocenters. The van der Waals surface area contributed by atoms with Gasteiger partial charge in [0.1, 0.15) is 5.75 Å². The van der Waals surface area contributed by atoms with Gasteiger partial charge >= 0.3 is 0 Å². The van der Waals surface area contributed by atoms with Gasteiger partial charge in [0.25, 0.3) is 0 Å². The fourth-order valence-electron chi connectivity index (χ4n) is 3.80. The molecule has 0 bridgehead atoms. The van der Waals surface area contributed by atoms with Crippen LogP contribution in [0.2, 0.25) is 0 Å². The number of methoxy groups -OCH3 is 1. The van der Waals surface area contributed by atoms with Crippen LogP contribution in [-0.2, 0) is 16.4 Å². The quantitative estimate of drug-likeness (QED) is 0.544. The Bertz CT molecular complexity index is 1200. The van der Waals surface area contributed by atoms with E-state index in [1.807, 2.05) is 18.2 Å². The van der Waals surface area contributed by atoms with Crippen LogP contribution < -0.4 is 19.1 Å². The zero-order chi connectivity index (χ0) is 22.1. The topological polar surface area (TPSA) is 81.2 Å². The molecule has 2 aliphatic rings. The van der Waals surface area contributed by atoms with E-state index in [2.05, 4.69) is 10.3 Å². The summed E-state index contributed by atoms with van der Waals surface area (Å²) < 4.78 is 43.4. The minimum Gasteiger partial charge on any atom is -0.497 e. The molecule has 3 aromatic rings. The summed E-state index contributed by atoms with van der Waals surface area (Å²) in [5, 5.41) is 2.97. The lowest BCUT2D eigenvalue weighted by atomic mass is 10.1. The van der Waals surface area contributed by atoms with Gasteiger partial charge in [0.2, 0.25) is 16.8 Å². The number of rotatable bonds is 6. The number of ether oxygens (including phenoxy) is 3. The summed E-state index contributed by atoms with van der Waals surface area (Å²) in [6.45, 7) is 2.31. The van der Waals surface area contributed by atoms with E-state index in [4.69, 9.17) is 19.2 Å². The lowest BCUT2D eigenvalue weighted by Gasteiger charge is -2.33. The van der Waals surface area contributed by atoms with Crippen LogP contribution in [0, 0.1) is 0 Å². The van der Waals surface area contributed by atoms with Crippen molar-refractivity contribution in [2.75, 3.05) is 45.0 Å². The minimum atomic E-state index is -3.52. The summed E-state index contributed by atoms with van der Waals surface area (Å²) in [6, 6.07) is 12.4. The van der Waals surface area contributed by atoms with Gasteiger partial charge in [-0.25, -0.2) is 13.4 Å². The highest BCUT2D eigenvalue weighted by Crippen LogP contribution is 2.33. The van der Waals surface area contributed by atoms with Gasteiger partial charge in [0.15, 0.2) is 16.6 Å². The van der Waals surface area contributed by atoms with Gasteiger partial charge in [-0.2, -0.15) is 4.31 Å². The number of benzene rings is 2. The van der Waals surface area contributed by atoms with Crippen LogP contribution in [0.15, 0.2) is 52.7 Å². The van der Waals surface area contributed by atoms with E-state index in [1.165, 1.54) is 4.31 Å². The predicted octanol–water partition coefficient (Wildman–Crippen LogP) is 2.98. The summed E-state index contributed by atoms with van der Waals surface area (Å²) in [5.41, 5.74) is 2.10. The highest BCUT2D eigenvalue weighted by Gasteiger charge is 2.29. The van der Waals surface area contributed by atoms with Gasteiger partial charge in [-0.1, -0.05) is 6.07 Å². The van der Waals surface area contributed by atoms with Crippen LogP contribution in [0.5, 0.6) is 17.2 Å². The molecule has 5 rings (SSSR count). The molecule has 8 nitrogen and oxygen atoms in total. The number of aromatic nitrogens is 1. The molecule has 0 radical (unpaired) electrons. The number of anilines is 1. The van der Waals surface area contributed by atoms with Crippen molar-refractivity contribution in [3.05, 3.63) is 59.1 Å². The third kappa shape index (κ3) is 4.13. The van der Waals surface area contributed by atoms with Crippen molar-refractivity contribution >= 4 is 26.5 Å². The number of piperazine rings is 1. The van der Waals surface area contributed by atoms with Crippen LogP contribution in [0.4, 0.5) is 5.13 Å². The van der Waals surface area contributed by atoms with Crippen LogP contribution in [0.1, 0.15) is 11.3 Å². The second kappa shape index (κ2) is 8.61. The third-order valence-corrected chi connectivity index (χ3v) is 8.43. The van der Waals surface area contributed by atoms with Crippen LogP contribution in [0.3, 0.4) is 0 Å². The Labute approximate surface area is 191 Å². The molecule has 32 heavy (non-hydrogen) atoms. The molecule has 3 heterocycles. The molecule has 1 aromatic heterocycles. The van der Waals surface area contributed by atoms with E-state index in [0.29, 0.717) is 38.3 Å². The number of fused-ring (bicyclic) bond motifs is 1. The molecule has 2 aliphatic heterocycles. The Morgan fingerprint density at radius 2 is 1.78 bits per heavy atom. The predicted molar refractivity (Wildman–Crippen MR) is 121 cm³/mol. The summed E-state index contributed by atoms with van der Waals surface area (Å²) in [5.74, 6) is 2.18. The number of hydrogen-bond donors (Lipinski definition) is 0. The lowest BCUT2D eigenvalue weighted by Crippen LogP contribution is -2.48. The van der Waals surface area contributed by atoms with Crippen molar-refractivity contribution in [1.82, 2.24) is 9.29 Å². The second-order valence-electron chi connectivity index (χ2n) is 7.55. The Morgan fingerprint density at radius 3 is 2.53 bits per heavy atom.